The molecule has 0 unspecified atom stereocenters. The minimum Gasteiger partial charge on any atom is -0.351 e. The molecule has 0 aliphatic carbocycles. The summed E-state index contributed by atoms with van der Waals surface area (Å²) in [6.45, 7) is 2.68. The SMILES string of the molecule is Cc1c(C(=O)NCCCN)nnn1-c1ccc(F)c(Cl)c1. The van der Waals surface area contributed by atoms with Gasteiger partial charge in [0, 0.05) is 6.54 Å². The molecule has 0 atom stereocenters. The highest BCUT2D eigenvalue weighted by Crippen LogP contribution is 2.20. The maximum atomic E-state index is 13.2. The first kappa shape index (κ1) is 15.4. The maximum Gasteiger partial charge on any atom is 0.273 e. The van der Waals surface area contributed by atoms with Gasteiger partial charge < -0.3 is 11.1 Å². The Kier molecular flexibility index (Phi) is 4.87. The molecule has 0 fully saturated rings. The summed E-state index contributed by atoms with van der Waals surface area (Å²) in [5, 5.41) is 10.4. The largest absolute Gasteiger partial charge is 0.351 e. The van der Waals surface area contributed by atoms with Gasteiger partial charge in [0.25, 0.3) is 5.91 Å². The van der Waals surface area contributed by atoms with E-state index < -0.39 is 5.82 Å². The quantitative estimate of drug-likeness (QED) is 0.818. The molecule has 1 amide bonds. The van der Waals surface area contributed by atoms with E-state index in [4.69, 9.17) is 17.3 Å². The van der Waals surface area contributed by atoms with Crippen LogP contribution >= 0.6 is 11.6 Å². The van der Waals surface area contributed by atoms with E-state index in [-0.39, 0.29) is 16.6 Å². The van der Waals surface area contributed by atoms with Crippen molar-refractivity contribution in [3.05, 3.63) is 40.4 Å². The summed E-state index contributed by atoms with van der Waals surface area (Å²) >= 11 is 5.74. The first-order valence-electron chi connectivity index (χ1n) is 6.40. The number of nitrogens with two attached hydrogens (primary N) is 1. The standard InChI is InChI=1S/C13H15ClFN5O/c1-8-12(13(21)17-6-2-5-16)18-19-20(8)9-3-4-11(15)10(14)7-9/h3-4,7H,2,5-6,16H2,1H3,(H,17,21). The van der Waals surface area contributed by atoms with Crippen LogP contribution in [0.1, 0.15) is 22.6 Å². The van der Waals surface area contributed by atoms with Crippen LogP contribution in [0.2, 0.25) is 5.02 Å². The minimum absolute atomic E-state index is 0.0173. The third kappa shape index (κ3) is 3.37. The lowest BCUT2D eigenvalue weighted by Gasteiger charge is -2.05. The zero-order chi connectivity index (χ0) is 15.4. The Hall–Kier alpha value is -1.99. The van der Waals surface area contributed by atoms with Crippen molar-refractivity contribution < 1.29 is 9.18 Å². The molecule has 8 heteroatoms. The number of hydrogen-bond acceptors (Lipinski definition) is 4. The number of amides is 1. The first-order chi connectivity index (χ1) is 10.0. The molecule has 0 saturated heterocycles. The van der Waals surface area contributed by atoms with Crippen molar-refractivity contribution in [1.29, 1.82) is 0 Å². The van der Waals surface area contributed by atoms with Crippen LogP contribution < -0.4 is 11.1 Å². The fourth-order valence-electron chi connectivity index (χ4n) is 1.79. The fourth-order valence-corrected chi connectivity index (χ4v) is 1.96. The van der Waals surface area contributed by atoms with Gasteiger partial charge >= 0.3 is 0 Å². The molecule has 0 bridgehead atoms. The van der Waals surface area contributed by atoms with Gasteiger partial charge in [-0.05, 0) is 38.1 Å². The zero-order valence-electron chi connectivity index (χ0n) is 11.4. The van der Waals surface area contributed by atoms with Crippen molar-refractivity contribution in [3.8, 4) is 5.69 Å². The number of halogens is 2. The van der Waals surface area contributed by atoms with Gasteiger partial charge in [0.15, 0.2) is 5.69 Å². The van der Waals surface area contributed by atoms with Crippen LogP contribution in [0.4, 0.5) is 4.39 Å². The molecule has 2 rings (SSSR count). The van der Waals surface area contributed by atoms with Gasteiger partial charge in [-0.25, -0.2) is 9.07 Å². The fraction of sp³-hybridized carbons (Fsp3) is 0.308. The Labute approximate surface area is 126 Å². The van der Waals surface area contributed by atoms with Gasteiger partial charge in [-0.1, -0.05) is 16.8 Å². The number of nitrogens with zero attached hydrogens (tertiary/aromatic N) is 3. The van der Waals surface area contributed by atoms with Crippen molar-refractivity contribution in [2.75, 3.05) is 13.1 Å². The summed E-state index contributed by atoms with van der Waals surface area (Å²) in [4.78, 5) is 12.0. The molecular weight excluding hydrogens is 297 g/mol. The molecule has 112 valence electrons. The van der Waals surface area contributed by atoms with E-state index in [1.165, 1.54) is 22.9 Å². The van der Waals surface area contributed by atoms with Crippen molar-refractivity contribution in [1.82, 2.24) is 20.3 Å². The maximum absolute atomic E-state index is 13.2. The Morgan fingerprint density at radius 2 is 2.29 bits per heavy atom. The molecule has 0 aliphatic rings. The van der Waals surface area contributed by atoms with Crippen molar-refractivity contribution in [2.45, 2.75) is 13.3 Å². The molecule has 1 aromatic carbocycles. The first-order valence-corrected chi connectivity index (χ1v) is 6.78. The minimum atomic E-state index is -0.516. The second-order valence-electron chi connectivity index (χ2n) is 4.43. The van der Waals surface area contributed by atoms with Crippen molar-refractivity contribution in [2.24, 2.45) is 5.73 Å². The number of carbonyl (C=O) groups is 1. The third-order valence-electron chi connectivity index (χ3n) is 2.92. The second kappa shape index (κ2) is 6.64. The third-order valence-corrected chi connectivity index (χ3v) is 3.21. The normalized spacial score (nSPS) is 10.7. The lowest BCUT2D eigenvalue weighted by atomic mass is 10.2. The van der Waals surface area contributed by atoms with Crippen molar-refractivity contribution >= 4 is 17.5 Å². The summed E-state index contributed by atoms with van der Waals surface area (Å²) in [5.41, 5.74) is 6.66. The molecule has 3 N–H and O–H groups in total. The van der Waals surface area contributed by atoms with E-state index in [2.05, 4.69) is 15.6 Å². The van der Waals surface area contributed by atoms with Crippen LogP contribution in [0.25, 0.3) is 5.69 Å². The number of carbonyl (C=O) groups excluding carboxylic acids is 1. The van der Waals surface area contributed by atoms with Gasteiger partial charge in [0.2, 0.25) is 0 Å². The number of rotatable bonds is 5. The van der Waals surface area contributed by atoms with Gasteiger partial charge in [0.1, 0.15) is 5.82 Å². The summed E-state index contributed by atoms with van der Waals surface area (Å²) in [6, 6.07) is 4.17. The van der Waals surface area contributed by atoms with Gasteiger partial charge in [0.05, 0.1) is 16.4 Å². The molecule has 21 heavy (non-hydrogen) atoms. The number of hydrogen-bond donors (Lipinski definition) is 2. The average molecular weight is 312 g/mol. The molecule has 0 radical (unpaired) electrons. The topological polar surface area (TPSA) is 85.8 Å². The van der Waals surface area contributed by atoms with E-state index in [0.717, 1.165) is 0 Å². The summed E-state index contributed by atoms with van der Waals surface area (Å²) < 4.78 is 14.6. The highest BCUT2D eigenvalue weighted by Gasteiger charge is 2.17. The number of aromatic nitrogens is 3. The predicted molar refractivity (Wildman–Crippen MR) is 77.1 cm³/mol. The van der Waals surface area contributed by atoms with Gasteiger partial charge in [-0.3, -0.25) is 4.79 Å². The molecule has 0 aliphatic heterocycles. The van der Waals surface area contributed by atoms with E-state index in [1.54, 1.807) is 6.92 Å². The summed E-state index contributed by atoms with van der Waals surface area (Å²) in [5.74, 6) is -0.835. The van der Waals surface area contributed by atoms with E-state index in [9.17, 15) is 9.18 Å². The smallest absolute Gasteiger partial charge is 0.273 e. The Morgan fingerprint density at radius 1 is 1.52 bits per heavy atom. The Bertz CT molecular complexity index is 658. The number of benzene rings is 1. The molecular formula is C13H15ClFN5O. The summed E-state index contributed by atoms with van der Waals surface area (Å²) in [6.07, 6.45) is 0.687. The van der Waals surface area contributed by atoms with Gasteiger partial charge in [-0.2, -0.15) is 0 Å². The van der Waals surface area contributed by atoms with Crippen LogP contribution in [0.5, 0.6) is 0 Å². The summed E-state index contributed by atoms with van der Waals surface area (Å²) in [7, 11) is 0. The van der Waals surface area contributed by atoms with Crippen LogP contribution in [-0.2, 0) is 0 Å². The Morgan fingerprint density at radius 3 is 2.95 bits per heavy atom. The molecule has 1 aromatic heterocycles. The van der Waals surface area contributed by atoms with Crippen LogP contribution in [-0.4, -0.2) is 34.0 Å². The second-order valence-corrected chi connectivity index (χ2v) is 4.84. The lowest BCUT2D eigenvalue weighted by Crippen LogP contribution is -2.27. The van der Waals surface area contributed by atoms with Gasteiger partial charge in [-0.15, -0.1) is 5.10 Å². The monoisotopic (exact) mass is 311 g/mol. The van der Waals surface area contributed by atoms with Crippen LogP contribution in [0.15, 0.2) is 18.2 Å². The van der Waals surface area contributed by atoms with Crippen molar-refractivity contribution in [3.63, 3.8) is 0 Å². The Balaban J connectivity index is 2.23. The molecule has 1 heterocycles. The molecule has 0 saturated carbocycles. The zero-order valence-corrected chi connectivity index (χ0v) is 12.2. The highest BCUT2D eigenvalue weighted by atomic mass is 35.5. The average Bonchev–Trinajstić information content (AvgIpc) is 2.84. The molecule has 2 aromatic rings. The highest BCUT2D eigenvalue weighted by molar-refractivity contribution is 6.30. The number of nitrogens with one attached hydrogen (secondary N) is 1. The van der Waals surface area contributed by atoms with Crippen LogP contribution in [0.3, 0.4) is 0 Å². The van der Waals surface area contributed by atoms with E-state index in [0.29, 0.717) is 30.9 Å². The van der Waals surface area contributed by atoms with E-state index >= 15 is 0 Å². The van der Waals surface area contributed by atoms with E-state index in [1.807, 2.05) is 0 Å². The predicted octanol–water partition coefficient (Wildman–Crippen LogP) is 1.45. The molecule has 0 spiro atoms. The van der Waals surface area contributed by atoms with Crippen LogP contribution in [0, 0.1) is 12.7 Å². The lowest BCUT2D eigenvalue weighted by molar-refractivity contribution is 0.0948. The molecule has 6 nitrogen and oxygen atoms in total.